The van der Waals surface area contributed by atoms with Crippen molar-refractivity contribution in [2.45, 2.75) is 13.0 Å². The molecule has 2 heterocycles. The van der Waals surface area contributed by atoms with Crippen LogP contribution in [0.1, 0.15) is 29.0 Å². The molecule has 154 valence electrons. The fourth-order valence-electron chi connectivity index (χ4n) is 3.01. The third kappa shape index (κ3) is 4.09. The van der Waals surface area contributed by atoms with Crippen LogP contribution in [-0.2, 0) is 9.53 Å². The molecular weight excluding hydrogens is 393 g/mol. The van der Waals surface area contributed by atoms with Crippen molar-refractivity contribution in [3.05, 3.63) is 72.1 Å². The number of halogens is 1. The Morgan fingerprint density at radius 3 is 2.77 bits per heavy atom. The van der Waals surface area contributed by atoms with Crippen molar-refractivity contribution in [2.75, 3.05) is 13.4 Å². The van der Waals surface area contributed by atoms with Gasteiger partial charge in [0, 0.05) is 5.69 Å². The van der Waals surface area contributed by atoms with Crippen molar-refractivity contribution in [1.82, 2.24) is 14.9 Å². The van der Waals surface area contributed by atoms with Gasteiger partial charge in [-0.25, -0.2) is 14.2 Å². The van der Waals surface area contributed by atoms with Gasteiger partial charge in [-0.3, -0.25) is 9.36 Å². The van der Waals surface area contributed by atoms with Gasteiger partial charge in [0.1, 0.15) is 5.82 Å². The Kier molecular flexibility index (Phi) is 5.34. The highest BCUT2D eigenvalue weighted by Crippen LogP contribution is 2.34. The third-order valence-corrected chi connectivity index (χ3v) is 4.56. The molecule has 0 fully saturated rings. The number of carbonyl (C=O) groups is 2. The Morgan fingerprint density at radius 2 is 1.97 bits per heavy atom. The molecule has 1 unspecified atom stereocenters. The summed E-state index contributed by atoms with van der Waals surface area (Å²) in [5.74, 6) is -0.293. The number of rotatable bonds is 6. The lowest BCUT2D eigenvalue weighted by Crippen LogP contribution is -2.31. The summed E-state index contributed by atoms with van der Waals surface area (Å²) in [6, 6.07) is 10.6. The normalized spacial score (nSPS) is 13.0. The Labute approximate surface area is 171 Å². The number of hydrogen-bond acceptors (Lipinski definition) is 6. The van der Waals surface area contributed by atoms with Crippen LogP contribution in [0.2, 0.25) is 0 Å². The minimum atomic E-state index is -0.720. The summed E-state index contributed by atoms with van der Waals surface area (Å²) in [6.07, 6.45) is 2.73. The molecule has 0 saturated carbocycles. The second-order valence-electron chi connectivity index (χ2n) is 6.60. The van der Waals surface area contributed by atoms with Crippen LogP contribution in [0.3, 0.4) is 0 Å². The molecule has 1 aliphatic rings. The van der Waals surface area contributed by atoms with E-state index in [1.807, 2.05) is 6.07 Å². The largest absolute Gasteiger partial charge is 0.454 e. The SMILES string of the molecule is CC(NC(=O)COC(=O)c1cncn1-c1ccc(F)cc1)c1ccc2c(c1)OCO2. The number of ether oxygens (including phenoxy) is 3. The van der Waals surface area contributed by atoms with Crippen molar-refractivity contribution >= 4 is 11.9 Å². The van der Waals surface area contributed by atoms with Crippen molar-refractivity contribution in [3.8, 4) is 17.2 Å². The van der Waals surface area contributed by atoms with Crippen molar-refractivity contribution in [3.63, 3.8) is 0 Å². The summed E-state index contributed by atoms with van der Waals surface area (Å²) >= 11 is 0. The number of amides is 1. The summed E-state index contributed by atoms with van der Waals surface area (Å²) in [5, 5.41) is 2.76. The summed E-state index contributed by atoms with van der Waals surface area (Å²) in [4.78, 5) is 28.5. The van der Waals surface area contributed by atoms with Crippen LogP contribution >= 0.6 is 0 Å². The van der Waals surface area contributed by atoms with Gasteiger partial charge in [0.15, 0.2) is 23.8 Å². The van der Waals surface area contributed by atoms with Gasteiger partial charge in [0.25, 0.3) is 5.91 Å². The van der Waals surface area contributed by atoms with E-state index in [0.29, 0.717) is 17.2 Å². The summed E-state index contributed by atoms with van der Waals surface area (Å²) in [6.45, 7) is 1.52. The number of carbonyl (C=O) groups excluding carboxylic acids is 2. The molecule has 1 N–H and O–H groups in total. The van der Waals surface area contributed by atoms with E-state index in [2.05, 4.69) is 10.3 Å². The minimum Gasteiger partial charge on any atom is -0.454 e. The maximum Gasteiger partial charge on any atom is 0.357 e. The van der Waals surface area contributed by atoms with Crippen molar-refractivity contribution in [2.24, 2.45) is 0 Å². The van der Waals surface area contributed by atoms with Crippen LogP contribution in [0.5, 0.6) is 11.5 Å². The smallest absolute Gasteiger partial charge is 0.357 e. The highest BCUT2D eigenvalue weighted by atomic mass is 19.1. The van der Waals surface area contributed by atoms with Crippen LogP contribution in [0, 0.1) is 5.82 Å². The zero-order valence-electron chi connectivity index (χ0n) is 16.0. The summed E-state index contributed by atoms with van der Waals surface area (Å²) < 4.78 is 30.3. The Hall–Kier alpha value is -3.88. The number of imidazole rings is 1. The van der Waals surface area contributed by atoms with Gasteiger partial charge in [0.05, 0.1) is 18.6 Å². The molecule has 8 nitrogen and oxygen atoms in total. The molecule has 1 aromatic heterocycles. The van der Waals surface area contributed by atoms with Gasteiger partial charge in [-0.05, 0) is 48.9 Å². The van der Waals surface area contributed by atoms with E-state index in [4.69, 9.17) is 14.2 Å². The molecule has 4 rings (SSSR count). The lowest BCUT2D eigenvalue weighted by atomic mass is 10.1. The molecule has 30 heavy (non-hydrogen) atoms. The predicted molar refractivity (Wildman–Crippen MR) is 103 cm³/mol. The molecule has 1 aliphatic heterocycles. The molecule has 1 atom stereocenters. The molecule has 2 aromatic carbocycles. The minimum absolute atomic E-state index is 0.123. The van der Waals surface area contributed by atoms with Crippen LogP contribution < -0.4 is 14.8 Å². The molecule has 3 aromatic rings. The first-order chi connectivity index (χ1) is 14.5. The second kappa shape index (κ2) is 8.24. The molecule has 0 radical (unpaired) electrons. The van der Waals surface area contributed by atoms with Gasteiger partial charge < -0.3 is 19.5 Å². The van der Waals surface area contributed by atoms with Gasteiger partial charge in [-0.1, -0.05) is 6.07 Å². The number of hydrogen-bond donors (Lipinski definition) is 1. The average molecular weight is 411 g/mol. The van der Waals surface area contributed by atoms with E-state index in [1.165, 1.54) is 41.4 Å². The Balaban J connectivity index is 1.35. The molecular formula is C21H18FN3O5. The molecule has 0 aliphatic carbocycles. The summed E-state index contributed by atoms with van der Waals surface area (Å²) in [7, 11) is 0. The van der Waals surface area contributed by atoms with E-state index >= 15 is 0 Å². The monoisotopic (exact) mass is 411 g/mol. The number of nitrogens with zero attached hydrogens (tertiary/aromatic N) is 2. The third-order valence-electron chi connectivity index (χ3n) is 4.56. The van der Waals surface area contributed by atoms with E-state index < -0.39 is 24.3 Å². The average Bonchev–Trinajstić information content (AvgIpc) is 3.41. The topological polar surface area (TPSA) is 91.7 Å². The molecule has 0 spiro atoms. The van der Waals surface area contributed by atoms with Crippen molar-refractivity contribution < 1.29 is 28.2 Å². The van der Waals surface area contributed by atoms with E-state index in [1.54, 1.807) is 19.1 Å². The Morgan fingerprint density at radius 1 is 1.20 bits per heavy atom. The number of aromatic nitrogens is 2. The predicted octanol–water partition coefficient (Wildman–Crippen LogP) is 2.77. The van der Waals surface area contributed by atoms with Gasteiger partial charge in [-0.2, -0.15) is 0 Å². The molecule has 1 amide bonds. The first-order valence-corrected chi connectivity index (χ1v) is 9.15. The highest BCUT2D eigenvalue weighted by Gasteiger charge is 2.19. The zero-order chi connectivity index (χ0) is 21.1. The number of benzene rings is 2. The fraction of sp³-hybridized carbons (Fsp3) is 0.190. The fourth-order valence-corrected chi connectivity index (χ4v) is 3.01. The van der Waals surface area contributed by atoms with Crippen LogP contribution in [0.15, 0.2) is 55.0 Å². The van der Waals surface area contributed by atoms with Crippen LogP contribution in [-0.4, -0.2) is 34.8 Å². The summed E-state index contributed by atoms with van der Waals surface area (Å²) in [5.41, 5.74) is 1.49. The van der Waals surface area contributed by atoms with E-state index in [9.17, 15) is 14.0 Å². The van der Waals surface area contributed by atoms with E-state index in [-0.39, 0.29) is 18.5 Å². The zero-order valence-corrected chi connectivity index (χ0v) is 16.0. The first-order valence-electron chi connectivity index (χ1n) is 9.15. The quantitative estimate of drug-likeness (QED) is 0.627. The molecule has 0 bridgehead atoms. The van der Waals surface area contributed by atoms with E-state index in [0.717, 1.165) is 5.56 Å². The highest BCUT2D eigenvalue weighted by molar-refractivity contribution is 5.90. The first kappa shape index (κ1) is 19.4. The van der Waals surface area contributed by atoms with Crippen LogP contribution in [0.4, 0.5) is 4.39 Å². The molecule has 9 heteroatoms. The Bertz CT molecular complexity index is 1080. The second-order valence-corrected chi connectivity index (χ2v) is 6.60. The number of fused-ring (bicyclic) bond motifs is 1. The van der Waals surface area contributed by atoms with Gasteiger partial charge in [-0.15, -0.1) is 0 Å². The maximum atomic E-state index is 13.1. The van der Waals surface area contributed by atoms with Gasteiger partial charge in [0.2, 0.25) is 6.79 Å². The standard InChI is InChI=1S/C21H18FN3O5/c1-13(14-2-7-18-19(8-14)30-12-29-18)24-20(26)10-28-21(27)17-9-23-11-25(17)16-5-3-15(22)4-6-16/h2-9,11,13H,10,12H2,1H3,(H,24,26). The lowest BCUT2D eigenvalue weighted by molar-refractivity contribution is -0.124. The van der Waals surface area contributed by atoms with Crippen LogP contribution in [0.25, 0.3) is 5.69 Å². The van der Waals surface area contributed by atoms with Gasteiger partial charge >= 0.3 is 5.97 Å². The lowest BCUT2D eigenvalue weighted by Gasteiger charge is -2.15. The maximum absolute atomic E-state index is 13.1. The number of nitrogens with one attached hydrogen (secondary N) is 1. The van der Waals surface area contributed by atoms with Crippen molar-refractivity contribution in [1.29, 1.82) is 0 Å². The molecule has 0 saturated heterocycles. The number of esters is 1.